The second-order valence-corrected chi connectivity index (χ2v) is 8.44. The lowest BCUT2D eigenvalue weighted by atomic mass is 10.1. The number of sulfonamides is 1. The normalized spacial score (nSPS) is 11.9. The van der Waals surface area contributed by atoms with Crippen molar-refractivity contribution in [2.75, 3.05) is 15.8 Å². The van der Waals surface area contributed by atoms with Gasteiger partial charge in [-0.2, -0.15) is 13.2 Å². The standard InChI is InChI=1S/C17H15Cl2F3N2O3S/c1-2-7-28(26,27)24-14-6-4-11(18)9-12(14)16(25)23-15-5-3-10(8-13(15)19)17(20,21)22/h3-6,8-9,24H,2,7H2,1H3,(H,23,25). The summed E-state index contributed by atoms with van der Waals surface area (Å²) in [6.07, 6.45) is -4.21. The molecule has 0 spiro atoms. The van der Waals surface area contributed by atoms with Crippen LogP contribution < -0.4 is 10.0 Å². The van der Waals surface area contributed by atoms with E-state index in [1.807, 2.05) is 0 Å². The van der Waals surface area contributed by atoms with E-state index in [0.29, 0.717) is 12.5 Å². The largest absolute Gasteiger partial charge is 0.416 e. The Morgan fingerprint density at radius 1 is 1.07 bits per heavy atom. The van der Waals surface area contributed by atoms with Crippen LogP contribution in [0.2, 0.25) is 10.0 Å². The second kappa shape index (κ2) is 8.59. The summed E-state index contributed by atoms with van der Waals surface area (Å²) >= 11 is 11.7. The number of hydrogen-bond donors (Lipinski definition) is 2. The third-order valence-corrected chi connectivity index (χ3v) is 5.53. The minimum absolute atomic E-state index is 0.0154. The van der Waals surface area contributed by atoms with Gasteiger partial charge in [-0.15, -0.1) is 0 Å². The van der Waals surface area contributed by atoms with E-state index in [-0.39, 0.29) is 32.7 Å². The third-order valence-electron chi connectivity index (χ3n) is 3.51. The van der Waals surface area contributed by atoms with Crippen molar-refractivity contribution in [2.24, 2.45) is 0 Å². The number of halogens is 5. The first-order valence-corrected chi connectivity index (χ1v) is 10.3. The summed E-state index contributed by atoms with van der Waals surface area (Å²) < 4.78 is 64.5. The molecule has 2 rings (SSSR count). The van der Waals surface area contributed by atoms with Gasteiger partial charge in [0.1, 0.15) is 0 Å². The maximum absolute atomic E-state index is 12.7. The van der Waals surface area contributed by atoms with Crippen LogP contribution in [0.25, 0.3) is 0 Å². The number of rotatable bonds is 6. The van der Waals surface area contributed by atoms with Gasteiger partial charge in [0.2, 0.25) is 10.0 Å². The summed E-state index contributed by atoms with van der Waals surface area (Å²) in [6.45, 7) is 1.68. The summed E-state index contributed by atoms with van der Waals surface area (Å²) in [4.78, 5) is 12.6. The molecule has 0 aliphatic carbocycles. The molecule has 0 saturated heterocycles. The van der Waals surface area contributed by atoms with E-state index in [1.165, 1.54) is 18.2 Å². The maximum Gasteiger partial charge on any atom is 0.416 e. The topological polar surface area (TPSA) is 75.3 Å². The minimum Gasteiger partial charge on any atom is -0.321 e. The Labute approximate surface area is 169 Å². The Bertz CT molecular complexity index is 996. The number of hydrogen-bond acceptors (Lipinski definition) is 3. The fourth-order valence-corrected chi connectivity index (χ4v) is 3.82. The molecule has 0 unspecified atom stereocenters. The van der Waals surface area contributed by atoms with E-state index < -0.39 is 27.7 Å². The first kappa shape index (κ1) is 22.3. The van der Waals surface area contributed by atoms with Gasteiger partial charge in [0, 0.05) is 5.02 Å². The Balaban J connectivity index is 2.33. The van der Waals surface area contributed by atoms with Crippen LogP contribution in [-0.2, 0) is 16.2 Å². The molecular formula is C17H15Cl2F3N2O3S. The molecule has 0 radical (unpaired) electrons. The van der Waals surface area contributed by atoms with Gasteiger partial charge in [0.25, 0.3) is 5.91 Å². The third kappa shape index (κ3) is 5.76. The number of anilines is 2. The summed E-state index contributed by atoms with van der Waals surface area (Å²) in [5.41, 5.74) is -1.16. The molecule has 2 N–H and O–H groups in total. The summed E-state index contributed by atoms with van der Waals surface area (Å²) in [5, 5.41) is 2.21. The van der Waals surface area contributed by atoms with Crippen LogP contribution in [0, 0.1) is 0 Å². The fraction of sp³-hybridized carbons (Fsp3) is 0.235. The summed E-state index contributed by atoms with van der Waals surface area (Å²) in [5.74, 6) is -0.945. The van der Waals surface area contributed by atoms with Gasteiger partial charge < -0.3 is 5.32 Å². The van der Waals surface area contributed by atoms with Crippen molar-refractivity contribution in [3.8, 4) is 0 Å². The Morgan fingerprint density at radius 3 is 2.29 bits per heavy atom. The molecule has 11 heteroatoms. The van der Waals surface area contributed by atoms with Crippen molar-refractivity contribution in [3.05, 3.63) is 57.6 Å². The van der Waals surface area contributed by atoms with Gasteiger partial charge >= 0.3 is 6.18 Å². The van der Waals surface area contributed by atoms with E-state index in [4.69, 9.17) is 23.2 Å². The minimum atomic E-state index is -4.58. The van der Waals surface area contributed by atoms with E-state index in [0.717, 1.165) is 12.1 Å². The zero-order chi connectivity index (χ0) is 21.1. The monoisotopic (exact) mass is 454 g/mol. The highest BCUT2D eigenvalue weighted by Crippen LogP contribution is 2.34. The molecule has 28 heavy (non-hydrogen) atoms. The Hall–Kier alpha value is -1.97. The highest BCUT2D eigenvalue weighted by Gasteiger charge is 2.31. The van der Waals surface area contributed by atoms with Gasteiger partial charge in [-0.05, 0) is 42.8 Å². The van der Waals surface area contributed by atoms with E-state index >= 15 is 0 Å². The molecule has 0 aromatic heterocycles. The smallest absolute Gasteiger partial charge is 0.321 e. The van der Waals surface area contributed by atoms with Crippen LogP contribution in [0.15, 0.2) is 36.4 Å². The number of carbonyl (C=O) groups is 1. The second-order valence-electron chi connectivity index (χ2n) is 5.76. The average molecular weight is 455 g/mol. The number of amides is 1. The van der Waals surface area contributed by atoms with Crippen LogP contribution in [-0.4, -0.2) is 20.1 Å². The van der Waals surface area contributed by atoms with Crippen LogP contribution >= 0.6 is 23.2 Å². The van der Waals surface area contributed by atoms with Crippen molar-refractivity contribution in [1.29, 1.82) is 0 Å². The summed E-state index contributed by atoms with van der Waals surface area (Å²) in [6, 6.07) is 6.41. The number of alkyl halides is 3. The predicted molar refractivity (Wildman–Crippen MR) is 104 cm³/mol. The average Bonchev–Trinajstić information content (AvgIpc) is 2.57. The molecule has 1 amide bonds. The Kier molecular flexibility index (Phi) is 6.84. The van der Waals surface area contributed by atoms with Crippen molar-refractivity contribution >= 4 is 50.5 Å². The molecular weight excluding hydrogens is 440 g/mol. The molecule has 0 aliphatic rings. The van der Waals surface area contributed by atoms with Gasteiger partial charge in [0.05, 0.1) is 33.3 Å². The van der Waals surface area contributed by atoms with Crippen molar-refractivity contribution in [3.63, 3.8) is 0 Å². The van der Waals surface area contributed by atoms with Gasteiger partial charge in [-0.3, -0.25) is 9.52 Å². The molecule has 0 atom stereocenters. The van der Waals surface area contributed by atoms with E-state index in [9.17, 15) is 26.4 Å². The SMILES string of the molecule is CCCS(=O)(=O)Nc1ccc(Cl)cc1C(=O)Nc1ccc(C(F)(F)F)cc1Cl. The van der Waals surface area contributed by atoms with Crippen LogP contribution in [0.1, 0.15) is 29.3 Å². The molecule has 0 saturated carbocycles. The molecule has 152 valence electrons. The lowest BCUT2D eigenvalue weighted by molar-refractivity contribution is -0.137. The van der Waals surface area contributed by atoms with Crippen molar-refractivity contribution in [1.82, 2.24) is 0 Å². The fourth-order valence-electron chi connectivity index (χ4n) is 2.26. The summed E-state index contributed by atoms with van der Waals surface area (Å²) in [7, 11) is -3.68. The lowest BCUT2D eigenvalue weighted by Crippen LogP contribution is -2.20. The highest BCUT2D eigenvalue weighted by atomic mass is 35.5. The quantitative estimate of drug-likeness (QED) is 0.611. The number of nitrogens with one attached hydrogen (secondary N) is 2. The molecule has 0 bridgehead atoms. The maximum atomic E-state index is 12.7. The molecule has 0 aliphatic heterocycles. The Morgan fingerprint density at radius 2 is 1.71 bits per heavy atom. The lowest BCUT2D eigenvalue weighted by Gasteiger charge is -2.14. The van der Waals surface area contributed by atoms with Gasteiger partial charge in [0.15, 0.2) is 0 Å². The van der Waals surface area contributed by atoms with Gasteiger partial charge in [-0.1, -0.05) is 30.1 Å². The molecule has 2 aromatic rings. The van der Waals surface area contributed by atoms with Crippen LogP contribution in [0.3, 0.4) is 0 Å². The molecule has 0 fully saturated rings. The first-order valence-electron chi connectivity index (χ1n) is 7.91. The van der Waals surface area contributed by atoms with Crippen molar-refractivity contribution < 1.29 is 26.4 Å². The molecule has 5 nitrogen and oxygen atoms in total. The van der Waals surface area contributed by atoms with E-state index in [2.05, 4.69) is 10.0 Å². The molecule has 0 heterocycles. The number of benzene rings is 2. The predicted octanol–water partition coefficient (Wildman–Crippen LogP) is 5.42. The van der Waals surface area contributed by atoms with Crippen LogP contribution in [0.5, 0.6) is 0 Å². The van der Waals surface area contributed by atoms with E-state index in [1.54, 1.807) is 6.92 Å². The highest BCUT2D eigenvalue weighted by molar-refractivity contribution is 7.92. The molecule has 2 aromatic carbocycles. The number of carbonyl (C=O) groups excluding carboxylic acids is 1. The van der Waals surface area contributed by atoms with Gasteiger partial charge in [-0.25, -0.2) is 8.42 Å². The zero-order valence-electron chi connectivity index (χ0n) is 14.4. The van der Waals surface area contributed by atoms with Crippen LogP contribution in [0.4, 0.5) is 24.5 Å². The van der Waals surface area contributed by atoms with Crippen molar-refractivity contribution in [2.45, 2.75) is 19.5 Å². The zero-order valence-corrected chi connectivity index (χ0v) is 16.7. The first-order chi connectivity index (χ1) is 12.9.